The number of hydrogen-bond acceptors (Lipinski definition) is 5. The van der Waals surface area contributed by atoms with E-state index in [9.17, 15) is 4.79 Å². The number of thioether (sulfide) groups is 1. The van der Waals surface area contributed by atoms with Crippen LogP contribution in [0.3, 0.4) is 0 Å². The molecule has 0 spiro atoms. The zero-order chi connectivity index (χ0) is 12.4. The second-order valence-electron chi connectivity index (χ2n) is 4.06. The van der Waals surface area contributed by atoms with Gasteiger partial charge in [-0.25, -0.2) is 9.78 Å². The predicted molar refractivity (Wildman–Crippen MR) is 69.7 cm³/mol. The summed E-state index contributed by atoms with van der Waals surface area (Å²) in [5.41, 5.74) is 6.44. The molecule has 6 heteroatoms. The van der Waals surface area contributed by atoms with Crippen molar-refractivity contribution >= 4 is 29.2 Å². The molecule has 2 rings (SSSR count). The van der Waals surface area contributed by atoms with Gasteiger partial charge in [0.25, 0.3) is 0 Å². The van der Waals surface area contributed by atoms with Gasteiger partial charge in [0.2, 0.25) is 0 Å². The molecule has 2 heterocycles. The Morgan fingerprint density at radius 1 is 1.71 bits per heavy atom. The van der Waals surface area contributed by atoms with E-state index in [1.165, 1.54) is 12.3 Å². The number of aromatic carboxylic acids is 1. The van der Waals surface area contributed by atoms with Gasteiger partial charge < -0.3 is 15.7 Å². The number of carboxylic acid groups (broad SMARTS) is 1. The normalized spacial score (nSPS) is 20.3. The van der Waals surface area contributed by atoms with E-state index in [1.54, 1.807) is 0 Å². The molecule has 3 N–H and O–H groups in total. The molecule has 1 aliphatic rings. The number of nitrogens with two attached hydrogens (primary N) is 1. The highest BCUT2D eigenvalue weighted by molar-refractivity contribution is 7.99. The van der Waals surface area contributed by atoms with Crippen LogP contribution in [0.15, 0.2) is 12.3 Å². The smallest absolute Gasteiger partial charge is 0.337 e. The SMILES string of the molecule is CC1CSCCN1c1ncc(C(=O)O)cc1N. The Morgan fingerprint density at radius 2 is 2.47 bits per heavy atom. The zero-order valence-corrected chi connectivity index (χ0v) is 10.4. The van der Waals surface area contributed by atoms with E-state index in [1.807, 2.05) is 11.8 Å². The Balaban J connectivity index is 2.29. The largest absolute Gasteiger partial charge is 0.478 e. The third kappa shape index (κ3) is 2.46. The van der Waals surface area contributed by atoms with Crippen LogP contribution in [0, 0.1) is 0 Å². The Hall–Kier alpha value is -1.43. The summed E-state index contributed by atoms with van der Waals surface area (Å²) >= 11 is 1.91. The van der Waals surface area contributed by atoms with Crippen LogP contribution in [0.5, 0.6) is 0 Å². The fraction of sp³-hybridized carbons (Fsp3) is 0.455. The fourth-order valence-corrected chi connectivity index (χ4v) is 2.89. The average molecular weight is 253 g/mol. The van der Waals surface area contributed by atoms with Gasteiger partial charge in [0.05, 0.1) is 11.3 Å². The van der Waals surface area contributed by atoms with Crippen molar-refractivity contribution in [2.75, 3.05) is 28.7 Å². The van der Waals surface area contributed by atoms with Gasteiger partial charge in [-0.05, 0) is 13.0 Å². The molecular formula is C11H15N3O2S. The molecule has 1 aromatic rings. The van der Waals surface area contributed by atoms with E-state index < -0.39 is 5.97 Å². The highest BCUT2D eigenvalue weighted by Crippen LogP contribution is 2.27. The van der Waals surface area contributed by atoms with Gasteiger partial charge in [-0.15, -0.1) is 0 Å². The van der Waals surface area contributed by atoms with Crippen LogP contribution >= 0.6 is 11.8 Å². The molecule has 92 valence electrons. The predicted octanol–water partition coefficient (Wildman–Crippen LogP) is 1.30. The van der Waals surface area contributed by atoms with Crippen molar-refractivity contribution in [2.45, 2.75) is 13.0 Å². The molecule has 17 heavy (non-hydrogen) atoms. The van der Waals surface area contributed by atoms with Crippen LogP contribution in [0.25, 0.3) is 0 Å². The van der Waals surface area contributed by atoms with Crippen LogP contribution < -0.4 is 10.6 Å². The first-order valence-electron chi connectivity index (χ1n) is 5.43. The summed E-state index contributed by atoms with van der Waals surface area (Å²) in [6.07, 6.45) is 1.36. The van der Waals surface area contributed by atoms with Crippen LogP contribution in [0.4, 0.5) is 11.5 Å². The van der Waals surface area contributed by atoms with Crippen molar-refractivity contribution in [3.63, 3.8) is 0 Å². The lowest BCUT2D eigenvalue weighted by atomic mass is 10.2. The number of nitrogens with zero attached hydrogens (tertiary/aromatic N) is 2. The standard InChI is InChI=1S/C11H15N3O2S/c1-7-6-17-3-2-14(7)10-9(12)4-8(5-13-10)11(15)16/h4-5,7H,2-3,6,12H2,1H3,(H,15,16). The van der Waals surface area contributed by atoms with Gasteiger partial charge in [0.1, 0.15) is 0 Å². The highest BCUT2D eigenvalue weighted by atomic mass is 32.2. The molecule has 1 unspecified atom stereocenters. The van der Waals surface area contributed by atoms with E-state index in [4.69, 9.17) is 10.8 Å². The first-order valence-corrected chi connectivity index (χ1v) is 6.58. The molecule has 1 aromatic heterocycles. The summed E-state index contributed by atoms with van der Waals surface area (Å²) in [5, 5.41) is 8.85. The number of carbonyl (C=O) groups is 1. The van der Waals surface area contributed by atoms with Crippen molar-refractivity contribution in [1.82, 2.24) is 4.98 Å². The maximum atomic E-state index is 10.8. The van der Waals surface area contributed by atoms with Crippen molar-refractivity contribution in [3.05, 3.63) is 17.8 Å². The number of rotatable bonds is 2. The first kappa shape index (κ1) is 12.0. The molecule has 1 saturated heterocycles. The molecule has 1 aliphatic heterocycles. The Bertz CT molecular complexity index is 439. The van der Waals surface area contributed by atoms with E-state index in [0.717, 1.165) is 18.1 Å². The van der Waals surface area contributed by atoms with Gasteiger partial charge in [-0.3, -0.25) is 0 Å². The molecule has 5 nitrogen and oxygen atoms in total. The second kappa shape index (κ2) is 4.83. The number of anilines is 2. The van der Waals surface area contributed by atoms with E-state index in [-0.39, 0.29) is 5.56 Å². The lowest BCUT2D eigenvalue weighted by Crippen LogP contribution is -2.41. The summed E-state index contributed by atoms with van der Waals surface area (Å²) in [6.45, 7) is 3.02. The number of pyridine rings is 1. The van der Waals surface area contributed by atoms with Crippen molar-refractivity contribution in [1.29, 1.82) is 0 Å². The monoisotopic (exact) mass is 253 g/mol. The Kier molecular flexibility index (Phi) is 3.42. The minimum Gasteiger partial charge on any atom is -0.478 e. The maximum Gasteiger partial charge on any atom is 0.337 e. The van der Waals surface area contributed by atoms with Crippen LogP contribution in [0.1, 0.15) is 17.3 Å². The average Bonchev–Trinajstić information content (AvgIpc) is 2.30. The molecule has 0 aliphatic carbocycles. The third-order valence-electron chi connectivity index (χ3n) is 2.78. The summed E-state index contributed by atoms with van der Waals surface area (Å²) in [5.74, 6) is 1.79. The Labute approximate surface area is 104 Å². The number of nitrogen functional groups attached to an aromatic ring is 1. The van der Waals surface area contributed by atoms with Gasteiger partial charge in [0, 0.05) is 30.3 Å². The van der Waals surface area contributed by atoms with Crippen LogP contribution in [-0.4, -0.2) is 40.2 Å². The van der Waals surface area contributed by atoms with Gasteiger partial charge in [-0.1, -0.05) is 0 Å². The second-order valence-corrected chi connectivity index (χ2v) is 5.21. The first-order chi connectivity index (χ1) is 8.09. The van der Waals surface area contributed by atoms with Gasteiger partial charge in [0.15, 0.2) is 5.82 Å². The summed E-state index contributed by atoms with van der Waals surface area (Å²) in [7, 11) is 0. The molecule has 0 amide bonds. The third-order valence-corrected chi connectivity index (χ3v) is 3.97. The van der Waals surface area contributed by atoms with Crippen LogP contribution in [-0.2, 0) is 0 Å². The lowest BCUT2D eigenvalue weighted by Gasteiger charge is -2.34. The maximum absolute atomic E-state index is 10.8. The molecule has 0 bridgehead atoms. The summed E-state index contributed by atoms with van der Waals surface area (Å²) in [6, 6.07) is 1.85. The van der Waals surface area contributed by atoms with E-state index in [0.29, 0.717) is 17.5 Å². The number of aromatic nitrogens is 1. The topological polar surface area (TPSA) is 79.5 Å². The van der Waals surface area contributed by atoms with Gasteiger partial charge in [-0.2, -0.15) is 11.8 Å². The molecular weight excluding hydrogens is 238 g/mol. The van der Waals surface area contributed by atoms with E-state index >= 15 is 0 Å². The van der Waals surface area contributed by atoms with Crippen molar-refractivity contribution in [2.24, 2.45) is 0 Å². The molecule has 0 saturated carbocycles. The summed E-state index contributed by atoms with van der Waals surface area (Å²) in [4.78, 5) is 17.1. The quantitative estimate of drug-likeness (QED) is 0.827. The van der Waals surface area contributed by atoms with Crippen molar-refractivity contribution in [3.8, 4) is 0 Å². The molecule has 0 radical (unpaired) electrons. The van der Waals surface area contributed by atoms with Crippen LogP contribution in [0.2, 0.25) is 0 Å². The van der Waals surface area contributed by atoms with E-state index in [2.05, 4.69) is 16.8 Å². The lowest BCUT2D eigenvalue weighted by molar-refractivity contribution is 0.0696. The zero-order valence-electron chi connectivity index (χ0n) is 9.59. The van der Waals surface area contributed by atoms with Crippen molar-refractivity contribution < 1.29 is 9.90 Å². The minimum absolute atomic E-state index is 0.130. The number of hydrogen-bond donors (Lipinski definition) is 2. The van der Waals surface area contributed by atoms with Gasteiger partial charge >= 0.3 is 5.97 Å². The molecule has 1 atom stereocenters. The number of carboxylic acids is 1. The highest BCUT2D eigenvalue weighted by Gasteiger charge is 2.22. The minimum atomic E-state index is -1.00. The molecule has 1 fully saturated rings. The summed E-state index contributed by atoms with van der Waals surface area (Å²) < 4.78 is 0. The molecule has 0 aromatic carbocycles. The Morgan fingerprint density at radius 3 is 3.06 bits per heavy atom. The fourth-order valence-electron chi connectivity index (χ4n) is 1.87.